The van der Waals surface area contributed by atoms with Gasteiger partial charge in [-0.05, 0) is 25.8 Å². The van der Waals surface area contributed by atoms with Crippen molar-refractivity contribution in [1.29, 1.82) is 0 Å². The van der Waals surface area contributed by atoms with Crippen molar-refractivity contribution in [3.63, 3.8) is 0 Å². The smallest absolute Gasteiger partial charge is 0.0661 e. The summed E-state index contributed by atoms with van der Waals surface area (Å²) < 4.78 is 0. The fourth-order valence-corrected chi connectivity index (χ4v) is 1.73. The topological polar surface area (TPSA) is 38.0 Å². The van der Waals surface area contributed by atoms with Crippen LogP contribution in [0.4, 0.5) is 0 Å². The average molecular weight is 156 g/mol. The lowest BCUT2D eigenvalue weighted by Gasteiger charge is -2.34. The largest absolute Gasteiger partial charge is 0.313 e. The van der Waals surface area contributed by atoms with Crippen molar-refractivity contribution in [1.82, 2.24) is 5.32 Å². The van der Waals surface area contributed by atoms with Gasteiger partial charge in [-0.3, -0.25) is 5.32 Å². The van der Waals surface area contributed by atoms with Crippen molar-refractivity contribution in [2.24, 2.45) is 5.73 Å². The van der Waals surface area contributed by atoms with Crippen LogP contribution in [0.5, 0.6) is 0 Å². The van der Waals surface area contributed by atoms with Gasteiger partial charge in [0.25, 0.3) is 0 Å². The number of rotatable bonds is 3. The first-order valence-corrected chi connectivity index (χ1v) is 4.81. The molecule has 0 atom stereocenters. The first-order valence-electron chi connectivity index (χ1n) is 4.81. The van der Waals surface area contributed by atoms with Gasteiger partial charge in [-0.1, -0.05) is 26.2 Å². The van der Waals surface area contributed by atoms with Gasteiger partial charge in [-0.2, -0.15) is 0 Å². The highest BCUT2D eigenvalue weighted by atomic mass is 15.1. The Morgan fingerprint density at radius 3 is 2.45 bits per heavy atom. The van der Waals surface area contributed by atoms with Gasteiger partial charge in [-0.25, -0.2) is 0 Å². The maximum atomic E-state index is 6.13. The Morgan fingerprint density at radius 2 is 1.91 bits per heavy atom. The van der Waals surface area contributed by atoms with E-state index in [-0.39, 0.29) is 5.66 Å². The summed E-state index contributed by atoms with van der Waals surface area (Å²) in [5, 5.41) is 3.43. The van der Waals surface area contributed by atoms with E-state index >= 15 is 0 Å². The van der Waals surface area contributed by atoms with Gasteiger partial charge in [0.05, 0.1) is 5.66 Å². The van der Waals surface area contributed by atoms with Crippen LogP contribution in [0.15, 0.2) is 0 Å². The van der Waals surface area contributed by atoms with E-state index in [1.165, 1.54) is 25.7 Å². The predicted octanol–water partition coefficient (Wildman–Crippen LogP) is 1.61. The van der Waals surface area contributed by atoms with E-state index in [9.17, 15) is 0 Å². The fourth-order valence-electron chi connectivity index (χ4n) is 1.73. The van der Waals surface area contributed by atoms with Gasteiger partial charge < -0.3 is 5.73 Å². The molecule has 0 radical (unpaired) electrons. The lowest BCUT2D eigenvalue weighted by Crippen LogP contribution is -2.54. The zero-order valence-corrected chi connectivity index (χ0v) is 7.53. The third kappa shape index (κ3) is 2.80. The van der Waals surface area contributed by atoms with E-state index in [2.05, 4.69) is 12.2 Å². The molecule has 1 aliphatic rings. The Balaban J connectivity index is 2.25. The predicted molar refractivity (Wildman–Crippen MR) is 48.3 cm³/mol. The van der Waals surface area contributed by atoms with Crippen LogP contribution in [-0.4, -0.2) is 12.2 Å². The minimum atomic E-state index is -0.0196. The molecule has 0 aromatic carbocycles. The summed E-state index contributed by atoms with van der Waals surface area (Å²) in [7, 11) is 0. The second-order valence-corrected chi connectivity index (χ2v) is 3.64. The highest BCUT2D eigenvalue weighted by molar-refractivity contribution is 4.84. The minimum Gasteiger partial charge on any atom is -0.313 e. The maximum Gasteiger partial charge on any atom is 0.0661 e. The van der Waals surface area contributed by atoms with Crippen LogP contribution >= 0.6 is 0 Å². The van der Waals surface area contributed by atoms with Crippen LogP contribution in [0.25, 0.3) is 0 Å². The number of nitrogens with one attached hydrogen (secondary N) is 1. The van der Waals surface area contributed by atoms with Crippen LogP contribution in [0.1, 0.15) is 45.4 Å². The van der Waals surface area contributed by atoms with E-state index < -0.39 is 0 Å². The number of hydrogen-bond donors (Lipinski definition) is 2. The second-order valence-electron chi connectivity index (χ2n) is 3.64. The first kappa shape index (κ1) is 9.01. The molecule has 0 saturated heterocycles. The Kier molecular flexibility index (Phi) is 3.34. The van der Waals surface area contributed by atoms with Gasteiger partial charge in [0, 0.05) is 0 Å². The summed E-state index contributed by atoms with van der Waals surface area (Å²) in [4.78, 5) is 0. The minimum absolute atomic E-state index is 0.0196. The number of nitrogens with two attached hydrogens (primary N) is 1. The van der Waals surface area contributed by atoms with Crippen molar-refractivity contribution in [2.75, 3.05) is 6.54 Å². The van der Waals surface area contributed by atoms with E-state index in [4.69, 9.17) is 5.73 Å². The third-order valence-corrected chi connectivity index (χ3v) is 2.47. The lowest BCUT2D eigenvalue weighted by molar-refractivity contribution is 0.240. The quantitative estimate of drug-likeness (QED) is 0.609. The summed E-state index contributed by atoms with van der Waals surface area (Å²) in [5.41, 5.74) is 6.11. The van der Waals surface area contributed by atoms with Crippen LogP contribution in [0.2, 0.25) is 0 Å². The molecule has 0 aliphatic heterocycles. The van der Waals surface area contributed by atoms with Crippen molar-refractivity contribution >= 4 is 0 Å². The molecule has 1 fully saturated rings. The molecule has 0 amide bonds. The molecular formula is C9H20N2. The molecule has 0 bridgehead atoms. The van der Waals surface area contributed by atoms with Crippen molar-refractivity contribution in [3.8, 4) is 0 Å². The highest BCUT2D eigenvalue weighted by Crippen LogP contribution is 2.23. The Morgan fingerprint density at radius 1 is 1.27 bits per heavy atom. The molecule has 1 saturated carbocycles. The molecule has 0 aromatic rings. The van der Waals surface area contributed by atoms with Gasteiger partial charge >= 0.3 is 0 Å². The lowest BCUT2D eigenvalue weighted by atomic mass is 9.90. The van der Waals surface area contributed by atoms with Gasteiger partial charge in [0.2, 0.25) is 0 Å². The van der Waals surface area contributed by atoms with E-state index in [0.717, 1.165) is 19.4 Å². The molecule has 11 heavy (non-hydrogen) atoms. The standard InChI is InChI=1S/C9H20N2/c1-2-8-11-9(10)6-4-3-5-7-9/h11H,2-8,10H2,1H3. The molecule has 0 aromatic heterocycles. The van der Waals surface area contributed by atoms with Crippen molar-refractivity contribution < 1.29 is 0 Å². The molecule has 1 rings (SSSR count). The van der Waals surface area contributed by atoms with E-state index in [0.29, 0.717) is 0 Å². The zero-order valence-electron chi connectivity index (χ0n) is 7.53. The SMILES string of the molecule is CCCNC1(N)CCCCC1. The molecule has 3 N–H and O–H groups in total. The molecule has 66 valence electrons. The highest BCUT2D eigenvalue weighted by Gasteiger charge is 2.25. The molecular weight excluding hydrogens is 136 g/mol. The Bertz CT molecular complexity index is 106. The summed E-state index contributed by atoms with van der Waals surface area (Å²) >= 11 is 0. The Labute approximate surface area is 69.5 Å². The molecule has 0 spiro atoms. The maximum absolute atomic E-state index is 6.13. The normalized spacial score (nSPS) is 23.5. The van der Waals surface area contributed by atoms with Crippen LogP contribution in [-0.2, 0) is 0 Å². The van der Waals surface area contributed by atoms with Gasteiger partial charge in [-0.15, -0.1) is 0 Å². The summed E-state index contributed by atoms with van der Waals surface area (Å²) in [6.07, 6.45) is 7.46. The molecule has 0 heterocycles. The summed E-state index contributed by atoms with van der Waals surface area (Å²) in [6, 6.07) is 0. The second kappa shape index (κ2) is 4.07. The molecule has 2 heteroatoms. The molecule has 2 nitrogen and oxygen atoms in total. The van der Waals surface area contributed by atoms with Gasteiger partial charge in [0.15, 0.2) is 0 Å². The molecule has 1 aliphatic carbocycles. The Hall–Kier alpha value is -0.0800. The van der Waals surface area contributed by atoms with Crippen molar-refractivity contribution in [3.05, 3.63) is 0 Å². The van der Waals surface area contributed by atoms with Crippen LogP contribution in [0.3, 0.4) is 0 Å². The molecule has 0 unspecified atom stereocenters. The average Bonchev–Trinajstić information content (AvgIpc) is 2.03. The van der Waals surface area contributed by atoms with E-state index in [1.54, 1.807) is 0 Å². The fraction of sp³-hybridized carbons (Fsp3) is 1.00. The zero-order chi connectivity index (χ0) is 8.16. The monoisotopic (exact) mass is 156 g/mol. The van der Waals surface area contributed by atoms with Gasteiger partial charge in [0.1, 0.15) is 0 Å². The van der Waals surface area contributed by atoms with Crippen molar-refractivity contribution in [2.45, 2.75) is 51.1 Å². The summed E-state index contributed by atoms with van der Waals surface area (Å²) in [5.74, 6) is 0. The first-order chi connectivity index (χ1) is 5.27. The van der Waals surface area contributed by atoms with Crippen LogP contribution < -0.4 is 11.1 Å². The number of hydrogen-bond acceptors (Lipinski definition) is 2. The summed E-state index contributed by atoms with van der Waals surface area (Å²) in [6.45, 7) is 3.25. The third-order valence-electron chi connectivity index (χ3n) is 2.47. The van der Waals surface area contributed by atoms with E-state index in [1.807, 2.05) is 0 Å². The van der Waals surface area contributed by atoms with Crippen LogP contribution in [0, 0.1) is 0 Å².